The van der Waals surface area contributed by atoms with Gasteiger partial charge in [0.25, 0.3) is 10.0 Å². The van der Waals surface area contributed by atoms with E-state index in [2.05, 4.69) is 5.32 Å². The monoisotopic (exact) mass is 525 g/mol. The Morgan fingerprint density at radius 2 is 1.43 bits per heavy atom. The van der Waals surface area contributed by atoms with Gasteiger partial charge in [0.1, 0.15) is 18.4 Å². The number of amides is 2. The van der Waals surface area contributed by atoms with Gasteiger partial charge in [0, 0.05) is 12.1 Å². The van der Waals surface area contributed by atoms with Crippen LogP contribution in [0.4, 0.5) is 10.1 Å². The maximum Gasteiger partial charge on any atom is 0.264 e. The minimum absolute atomic E-state index is 0.0136. The second kappa shape index (κ2) is 11.6. The Labute approximate surface area is 218 Å². The molecule has 0 bridgehead atoms. The minimum Gasteiger partial charge on any atom is -0.350 e. The number of rotatable bonds is 9. The summed E-state index contributed by atoms with van der Waals surface area (Å²) in [6.07, 6.45) is 0. The highest BCUT2D eigenvalue weighted by Crippen LogP contribution is 2.25. The summed E-state index contributed by atoms with van der Waals surface area (Å²) >= 11 is 0. The van der Waals surface area contributed by atoms with Crippen LogP contribution >= 0.6 is 0 Å². The average Bonchev–Trinajstić information content (AvgIpc) is 2.86. The van der Waals surface area contributed by atoms with Gasteiger partial charge in [-0.1, -0.05) is 48.5 Å². The SMILES string of the molecule is CC(C(=O)NC(C)(C)C)N(Cc1ccccc1)C(=O)CN(c1ccc(F)cc1)S(=O)(=O)c1ccccc1. The maximum absolute atomic E-state index is 13.8. The molecule has 1 N–H and O–H groups in total. The van der Waals surface area contributed by atoms with Gasteiger partial charge in [0.05, 0.1) is 10.6 Å². The zero-order valence-electron chi connectivity index (χ0n) is 21.4. The molecule has 1 unspecified atom stereocenters. The van der Waals surface area contributed by atoms with Crippen molar-refractivity contribution in [2.75, 3.05) is 10.8 Å². The highest BCUT2D eigenvalue weighted by atomic mass is 32.2. The van der Waals surface area contributed by atoms with Crippen molar-refractivity contribution in [2.45, 2.75) is 50.7 Å². The van der Waals surface area contributed by atoms with Crippen molar-refractivity contribution >= 4 is 27.5 Å². The second-order valence-electron chi connectivity index (χ2n) is 9.72. The van der Waals surface area contributed by atoms with Crippen LogP contribution in [0, 0.1) is 5.82 Å². The minimum atomic E-state index is -4.18. The molecule has 7 nitrogen and oxygen atoms in total. The zero-order valence-corrected chi connectivity index (χ0v) is 22.2. The molecule has 0 saturated carbocycles. The van der Waals surface area contributed by atoms with Gasteiger partial charge in [-0.15, -0.1) is 0 Å². The Kier molecular flexibility index (Phi) is 8.70. The van der Waals surface area contributed by atoms with Crippen LogP contribution in [0.15, 0.2) is 89.8 Å². The van der Waals surface area contributed by atoms with E-state index < -0.39 is 39.9 Å². The van der Waals surface area contributed by atoms with Crippen LogP contribution in [0.25, 0.3) is 0 Å². The molecule has 3 aromatic carbocycles. The summed E-state index contributed by atoms with van der Waals surface area (Å²) in [4.78, 5) is 28.1. The standard InChI is InChI=1S/C28H32FN3O4S/c1-21(27(34)30-28(2,3)4)31(19-22-11-7-5-8-12-22)26(33)20-32(24-17-15-23(29)16-18-24)37(35,36)25-13-9-6-10-14-25/h5-18,21H,19-20H2,1-4H3,(H,30,34). The van der Waals surface area contributed by atoms with Gasteiger partial charge in [-0.05, 0) is 69.7 Å². The maximum atomic E-state index is 13.8. The van der Waals surface area contributed by atoms with E-state index in [4.69, 9.17) is 0 Å². The molecule has 0 aliphatic carbocycles. The number of carbonyl (C=O) groups excluding carboxylic acids is 2. The quantitative estimate of drug-likeness (QED) is 0.450. The lowest BCUT2D eigenvalue weighted by atomic mass is 10.1. The van der Waals surface area contributed by atoms with Crippen LogP contribution in [0.3, 0.4) is 0 Å². The Morgan fingerprint density at radius 3 is 1.97 bits per heavy atom. The third kappa shape index (κ3) is 7.39. The number of halogens is 1. The molecule has 196 valence electrons. The van der Waals surface area contributed by atoms with Gasteiger partial charge >= 0.3 is 0 Å². The highest BCUT2D eigenvalue weighted by Gasteiger charge is 2.33. The van der Waals surface area contributed by atoms with Crippen molar-refractivity contribution < 1.29 is 22.4 Å². The first kappa shape index (κ1) is 27.9. The Bertz CT molecular complexity index is 1310. The van der Waals surface area contributed by atoms with Crippen molar-refractivity contribution in [3.8, 4) is 0 Å². The van der Waals surface area contributed by atoms with Crippen molar-refractivity contribution in [2.24, 2.45) is 0 Å². The molecule has 9 heteroatoms. The number of nitrogens with one attached hydrogen (secondary N) is 1. The molecule has 0 aliphatic heterocycles. The molecule has 0 fully saturated rings. The summed E-state index contributed by atoms with van der Waals surface area (Å²) in [5.74, 6) is -1.48. The fourth-order valence-electron chi connectivity index (χ4n) is 3.69. The molecular formula is C28H32FN3O4S. The number of hydrogen-bond acceptors (Lipinski definition) is 4. The fraction of sp³-hybridized carbons (Fsp3) is 0.286. The summed E-state index contributed by atoms with van der Waals surface area (Å²) < 4.78 is 41.8. The number of hydrogen-bond donors (Lipinski definition) is 1. The van der Waals surface area contributed by atoms with Crippen LogP contribution in [-0.2, 0) is 26.2 Å². The van der Waals surface area contributed by atoms with Gasteiger partial charge in [-0.2, -0.15) is 0 Å². The van der Waals surface area contributed by atoms with Gasteiger partial charge in [-0.3, -0.25) is 13.9 Å². The normalized spacial score (nSPS) is 12.5. The first-order valence-corrected chi connectivity index (χ1v) is 13.3. The molecular weight excluding hydrogens is 493 g/mol. The van der Waals surface area contributed by atoms with Crippen molar-refractivity contribution in [1.82, 2.24) is 10.2 Å². The van der Waals surface area contributed by atoms with Gasteiger partial charge in [0.2, 0.25) is 11.8 Å². The van der Waals surface area contributed by atoms with Crippen LogP contribution in [0.2, 0.25) is 0 Å². The smallest absolute Gasteiger partial charge is 0.264 e. The van der Waals surface area contributed by atoms with Gasteiger partial charge in [-0.25, -0.2) is 12.8 Å². The van der Waals surface area contributed by atoms with E-state index in [1.807, 2.05) is 51.1 Å². The first-order chi connectivity index (χ1) is 17.4. The van der Waals surface area contributed by atoms with E-state index in [0.29, 0.717) is 0 Å². The van der Waals surface area contributed by atoms with Crippen LogP contribution in [0.1, 0.15) is 33.3 Å². The molecule has 0 saturated heterocycles. The summed E-state index contributed by atoms with van der Waals surface area (Å²) in [5, 5.41) is 2.88. The fourth-order valence-corrected chi connectivity index (χ4v) is 5.13. The van der Waals surface area contributed by atoms with Crippen molar-refractivity contribution in [3.05, 3.63) is 96.3 Å². The van der Waals surface area contributed by atoms with E-state index >= 15 is 0 Å². The third-order valence-corrected chi connectivity index (χ3v) is 7.37. The van der Waals surface area contributed by atoms with E-state index in [1.54, 1.807) is 25.1 Å². The van der Waals surface area contributed by atoms with E-state index in [1.165, 1.54) is 29.2 Å². The molecule has 2 amide bonds. The lowest BCUT2D eigenvalue weighted by molar-refractivity contribution is -0.140. The Balaban J connectivity index is 2.00. The lowest BCUT2D eigenvalue weighted by Gasteiger charge is -2.33. The summed E-state index contributed by atoms with van der Waals surface area (Å²) in [5.41, 5.74) is 0.388. The summed E-state index contributed by atoms with van der Waals surface area (Å²) in [6, 6.07) is 20.8. The second-order valence-corrected chi connectivity index (χ2v) is 11.6. The first-order valence-electron chi connectivity index (χ1n) is 11.9. The molecule has 0 spiro atoms. The van der Waals surface area contributed by atoms with Crippen molar-refractivity contribution in [3.63, 3.8) is 0 Å². The average molecular weight is 526 g/mol. The summed E-state index contributed by atoms with van der Waals surface area (Å²) in [7, 11) is -4.18. The van der Waals surface area contributed by atoms with Crippen LogP contribution in [0.5, 0.6) is 0 Å². The predicted molar refractivity (Wildman–Crippen MR) is 142 cm³/mol. The molecule has 1 atom stereocenters. The molecule has 3 aromatic rings. The van der Waals surface area contributed by atoms with E-state index in [9.17, 15) is 22.4 Å². The molecule has 3 rings (SSSR count). The van der Waals surface area contributed by atoms with E-state index in [-0.39, 0.29) is 23.0 Å². The van der Waals surface area contributed by atoms with Crippen molar-refractivity contribution in [1.29, 1.82) is 0 Å². The molecule has 0 radical (unpaired) electrons. The zero-order chi connectivity index (χ0) is 27.2. The summed E-state index contributed by atoms with van der Waals surface area (Å²) in [6.45, 7) is 6.64. The van der Waals surface area contributed by atoms with Crippen LogP contribution in [-0.4, -0.2) is 43.3 Å². The number of anilines is 1. The molecule has 0 aromatic heterocycles. The lowest BCUT2D eigenvalue weighted by Crippen LogP contribution is -2.54. The predicted octanol–water partition coefficient (Wildman–Crippen LogP) is 4.35. The number of benzene rings is 3. The largest absolute Gasteiger partial charge is 0.350 e. The number of nitrogens with zero attached hydrogens (tertiary/aromatic N) is 2. The molecule has 0 heterocycles. The topological polar surface area (TPSA) is 86.8 Å². The Hall–Kier alpha value is -3.72. The van der Waals surface area contributed by atoms with Gasteiger partial charge < -0.3 is 10.2 Å². The molecule has 37 heavy (non-hydrogen) atoms. The third-order valence-electron chi connectivity index (χ3n) is 5.59. The van der Waals surface area contributed by atoms with E-state index in [0.717, 1.165) is 22.0 Å². The number of sulfonamides is 1. The Morgan fingerprint density at radius 1 is 0.892 bits per heavy atom. The van der Waals surface area contributed by atoms with Gasteiger partial charge in [0.15, 0.2) is 0 Å². The highest BCUT2D eigenvalue weighted by molar-refractivity contribution is 7.92. The number of carbonyl (C=O) groups is 2. The van der Waals surface area contributed by atoms with Crippen LogP contribution < -0.4 is 9.62 Å². The molecule has 0 aliphatic rings.